The van der Waals surface area contributed by atoms with Gasteiger partial charge in [-0.3, -0.25) is 9.79 Å². The molecule has 1 aliphatic rings. The molecule has 0 saturated carbocycles. The molecule has 2 rings (SSSR count). The second kappa shape index (κ2) is 3.74. The maximum absolute atomic E-state index is 11.0. The molecular weight excluding hydrogens is 200 g/mol. The van der Waals surface area contributed by atoms with Crippen LogP contribution < -0.4 is 5.73 Å². The van der Waals surface area contributed by atoms with Gasteiger partial charge in [0.25, 0.3) is 0 Å². The highest BCUT2D eigenvalue weighted by Gasteiger charge is 2.26. The first-order valence-electron chi connectivity index (χ1n) is 5.43. The smallest absolute Gasteiger partial charge is 0.223 e. The van der Waals surface area contributed by atoms with Crippen molar-refractivity contribution in [2.75, 3.05) is 0 Å². The largest absolute Gasteiger partial charge is 0.369 e. The third kappa shape index (κ3) is 2.13. The lowest BCUT2D eigenvalue weighted by molar-refractivity contribution is -0.116. The van der Waals surface area contributed by atoms with E-state index in [0.717, 1.165) is 17.7 Å². The number of carbonyl (C=O) groups is 1. The van der Waals surface area contributed by atoms with Crippen molar-refractivity contribution in [3.63, 3.8) is 0 Å². The summed E-state index contributed by atoms with van der Waals surface area (Å²) in [6.07, 6.45) is 1.13. The summed E-state index contributed by atoms with van der Waals surface area (Å²) < 4.78 is 0. The molecule has 0 bridgehead atoms. The number of nitrogens with zero attached hydrogens (tertiary/aromatic N) is 1. The maximum atomic E-state index is 11.0. The number of benzene rings is 1. The summed E-state index contributed by atoms with van der Waals surface area (Å²) in [7, 11) is 0. The molecule has 0 unspecified atom stereocenters. The fraction of sp³-hybridized carbons (Fsp3) is 0.385. The Labute approximate surface area is 95.4 Å². The van der Waals surface area contributed by atoms with Crippen LogP contribution in [0.25, 0.3) is 0 Å². The number of amides is 1. The van der Waals surface area contributed by atoms with E-state index in [4.69, 9.17) is 5.73 Å². The van der Waals surface area contributed by atoms with Gasteiger partial charge in [0.15, 0.2) is 0 Å². The Bertz CT molecular complexity index is 461. The van der Waals surface area contributed by atoms with Gasteiger partial charge in [0.05, 0.1) is 17.7 Å². The molecule has 0 aliphatic carbocycles. The minimum atomic E-state index is -0.328. The van der Waals surface area contributed by atoms with Gasteiger partial charge in [0, 0.05) is 0 Å². The summed E-state index contributed by atoms with van der Waals surface area (Å²) in [6, 6.07) is 8.08. The predicted molar refractivity (Wildman–Crippen MR) is 64.6 cm³/mol. The normalized spacial score (nSPS) is 17.5. The van der Waals surface area contributed by atoms with Crippen molar-refractivity contribution in [1.82, 2.24) is 0 Å². The monoisotopic (exact) mass is 216 g/mol. The van der Waals surface area contributed by atoms with Gasteiger partial charge >= 0.3 is 0 Å². The van der Waals surface area contributed by atoms with E-state index < -0.39 is 0 Å². The fourth-order valence-corrected chi connectivity index (χ4v) is 2.19. The standard InChI is InChI=1S/C13H16N2O/c1-13(2)8-9-5-3-4-6-10(9)11(15-13)7-12(14)16/h3-6H,7-8H2,1-2H3,(H2,14,16). The average Bonchev–Trinajstić information content (AvgIpc) is 2.14. The van der Waals surface area contributed by atoms with Gasteiger partial charge in [-0.15, -0.1) is 0 Å². The molecule has 84 valence electrons. The Morgan fingerprint density at radius 3 is 2.81 bits per heavy atom. The van der Waals surface area contributed by atoms with E-state index in [1.165, 1.54) is 5.56 Å². The number of primary amides is 1. The Hall–Kier alpha value is -1.64. The first-order chi connectivity index (χ1) is 7.48. The minimum absolute atomic E-state index is 0.140. The molecule has 0 fully saturated rings. The van der Waals surface area contributed by atoms with Gasteiger partial charge in [-0.05, 0) is 31.4 Å². The molecule has 1 aromatic carbocycles. The molecule has 3 heteroatoms. The van der Waals surface area contributed by atoms with Gasteiger partial charge in [0.1, 0.15) is 0 Å². The summed E-state index contributed by atoms with van der Waals surface area (Å²) in [4.78, 5) is 15.6. The third-order valence-electron chi connectivity index (χ3n) is 2.73. The van der Waals surface area contributed by atoms with Crippen LogP contribution in [0.15, 0.2) is 29.3 Å². The van der Waals surface area contributed by atoms with Crippen LogP contribution in [0.2, 0.25) is 0 Å². The molecule has 0 saturated heterocycles. The Kier molecular flexibility index (Phi) is 2.54. The molecule has 16 heavy (non-hydrogen) atoms. The number of carbonyl (C=O) groups excluding carboxylic acids is 1. The highest BCUT2D eigenvalue weighted by atomic mass is 16.1. The van der Waals surface area contributed by atoms with Crippen LogP contribution in [-0.2, 0) is 11.2 Å². The van der Waals surface area contributed by atoms with Crippen LogP contribution in [0.1, 0.15) is 31.4 Å². The molecule has 0 atom stereocenters. The molecule has 1 amide bonds. The number of nitrogens with two attached hydrogens (primary N) is 1. The molecule has 1 aliphatic heterocycles. The van der Waals surface area contributed by atoms with Crippen molar-refractivity contribution in [2.45, 2.75) is 32.2 Å². The number of aliphatic imine (C=N–C) groups is 1. The van der Waals surface area contributed by atoms with Crippen molar-refractivity contribution >= 4 is 11.6 Å². The molecule has 1 heterocycles. The second-order valence-corrected chi connectivity index (χ2v) is 4.85. The minimum Gasteiger partial charge on any atom is -0.369 e. The second-order valence-electron chi connectivity index (χ2n) is 4.85. The first-order valence-corrected chi connectivity index (χ1v) is 5.43. The molecule has 2 N–H and O–H groups in total. The van der Waals surface area contributed by atoms with Gasteiger partial charge in [-0.1, -0.05) is 24.3 Å². The van der Waals surface area contributed by atoms with Gasteiger partial charge < -0.3 is 5.73 Å². The van der Waals surface area contributed by atoms with Crippen molar-refractivity contribution in [1.29, 1.82) is 0 Å². The van der Waals surface area contributed by atoms with Crippen molar-refractivity contribution in [3.05, 3.63) is 35.4 Å². The quantitative estimate of drug-likeness (QED) is 0.803. The van der Waals surface area contributed by atoms with Crippen molar-refractivity contribution < 1.29 is 4.79 Å². The fourth-order valence-electron chi connectivity index (χ4n) is 2.19. The van der Waals surface area contributed by atoms with Crippen LogP contribution in [0.4, 0.5) is 0 Å². The summed E-state index contributed by atoms with van der Waals surface area (Å²) in [5, 5.41) is 0. The first kappa shape index (κ1) is 10.9. The lowest BCUT2D eigenvalue weighted by atomic mass is 9.86. The third-order valence-corrected chi connectivity index (χ3v) is 2.73. The highest BCUT2D eigenvalue weighted by Crippen LogP contribution is 2.27. The average molecular weight is 216 g/mol. The number of hydrogen-bond donors (Lipinski definition) is 1. The summed E-state index contributed by atoms with van der Waals surface area (Å²) in [6.45, 7) is 4.15. The van der Waals surface area contributed by atoms with E-state index in [0.29, 0.717) is 0 Å². The van der Waals surface area contributed by atoms with Crippen LogP contribution >= 0.6 is 0 Å². The number of hydrogen-bond acceptors (Lipinski definition) is 2. The van der Waals surface area contributed by atoms with Crippen LogP contribution in [0, 0.1) is 0 Å². The van der Waals surface area contributed by atoms with E-state index in [1.807, 2.05) is 18.2 Å². The number of rotatable bonds is 2. The molecule has 0 spiro atoms. The Morgan fingerprint density at radius 1 is 1.44 bits per heavy atom. The Balaban J connectivity index is 2.47. The lowest BCUT2D eigenvalue weighted by Gasteiger charge is -2.28. The van der Waals surface area contributed by atoms with Gasteiger partial charge in [0.2, 0.25) is 5.91 Å². The zero-order valence-electron chi connectivity index (χ0n) is 9.66. The van der Waals surface area contributed by atoms with E-state index in [2.05, 4.69) is 24.9 Å². The van der Waals surface area contributed by atoms with Crippen LogP contribution in [-0.4, -0.2) is 17.2 Å². The maximum Gasteiger partial charge on any atom is 0.223 e. The van der Waals surface area contributed by atoms with Gasteiger partial charge in [-0.25, -0.2) is 0 Å². The summed E-state index contributed by atoms with van der Waals surface area (Å²) >= 11 is 0. The molecule has 1 aromatic rings. The Morgan fingerprint density at radius 2 is 2.12 bits per heavy atom. The zero-order valence-corrected chi connectivity index (χ0v) is 9.66. The van der Waals surface area contributed by atoms with Crippen molar-refractivity contribution in [2.24, 2.45) is 10.7 Å². The summed E-state index contributed by atoms with van der Waals surface area (Å²) in [5.41, 5.74) is 8.25. The summed E-state index contributed by atoms with van der Waals surface area (Å²) in [5.74, 6) is -0.328. The molecule has 0 radical (unpaired) electrons. The SMILES string of the molecule is CC1(C)Cc2ccccc2C(CC(N)=O)=N1. The van der Waals surface area contributed by atoms with Gasteiger partial charge in [-0.2, -0.15) is 0 Å². The van der Waals surface area contributed by atoms with E-state index in [1.54, 1.807) is 0 Å². The van der Waals surface area contributed by atoms with E-state index in [9.17, 15) is 4.79 Å². The highest BCUT2D eigenvalue weighted by molar-refractivity contribution is 6.11. The predicted octanol–water partition coefficient (Wildman–Crippen LogP) is 1.69. The van der Waals surface area contributed by atoms with E-state index >= 15 is 0 Å². The molecular formula is C13H16N2O. The van der Waals surface area contributed by atoms with Crippen LogP contribution in [0.5, 0.6) is 0 Å². The van der Waals surface area contributed by atoms with Crippen LogP contribution in [0.3, 0.4) is 0 Å². The van der Waals surface area contributed by atoms with E-state index in [-0.39, 0.29) is 17.9 Å². The molecule has 3 nitrogen and oxygen atoms in total. The lowest BCUT2D eigenvalue weighted by Crippen LogP contribution is -2.31. The topological polar surface area (TPSA) is 55.5 Å². The van der Waals surface area contributed by atoms with Crippen molar-refractivity contribution in [3.8, 4) is 0 Å². The number of fused-ring (bicyclic) bond motifs is 1. The zero-order chi connectivity index (χ0) is 11.8. The molecule has 0 aromatic heterocycles.